The van der Waals surface area contributed by atoms with Gasteiger partial charge in [0, 0.05) is 11.4 Å². The van der Waals surface area contributed by atoms with E-state index >= 15 is 0 Å². The number of nitrogens with zero attached hydrogens (tertiary/aromatic N) is 3. The lowest BCUT2D eigenvalue weighted by Crippen LogP contribution is -2.48. The highest BCUT2D eigenvalue weighted by molar-refractivity contribution is 7.15. The van der Waals surface area contributed by atoms with Gasteiger partial charge in [0.2, 0.25) is 11.8 Å². The normalized spacial score (nSPS) is 17.0. The minimum Gasteiger partial charge on any atom is -0.419 e. The van der Waals surface area contributed by atoms with Gasteiger partial charge in [-0.15, -0.1) is 21.5 Å². The molecule has 7 heteroatoms. The van der Waals surface area contributed by atoms with Crippen LogP contribution in [0.2, 0.25) is 0 Å². The summed E-state index contributed by atoms with van der Waals surface area (Å²) in [6.07, 6.45) is 1.60. The second-order valence-corrected chi connectivity index (χ2v) is 8.00. The van der Waals surface area contributed by atoms with Crippen molar-refractivity contribution in [2.24, 2.45) is 5.73 Å². The average Bonchev–Trinajstić information content (AvgIpc) is 3.27. The lowest BCUT2D eigenvalue weighted by Gasteiger charge is -2.33. The van der Waals surface area contributed by atoms with Crippen LogP contribution < -0.4 is 5.73 Å². The summed E-state index contributed by atoms with van der Waals surface area (Å²) in [7, 11) is 0. The molecule has 1 amide bonds. The minimum atomic E-state index is -0.370. The van der Waals surface area contributed by atoms with E-state index in [9.17, 15) is 4.79 Å². The third kappa shape index (κ3) is 3.52. The van der Waals surface area contributed by atoms with E-state index in [4.69, 9.17) is 10.2 Å². The summed E-state index contributed by atoms with van der Waals surface area (Å²) in [5.74, 6) is 0.705. The van der Waals surface area contributed by atoms with E-state index in [2.05, 4.69) is 42.2 Å². The highest BCUT2D eigenvalue weighted by Gasteiger charge is 2.31. The number of nitrogens with two attached hydrogens (primary N) is 1. The molecule has 2 N–H and O–H groups in total. The Bertz CT molecular complexity index is 978. The standard InChI is InChI=1S/C20H22N4O2S/c1-3-16-12(2)8-17(27-16)20-23-22-18(26-20)11-24-10-14-7-5-4-6-13(14)9-15(24)19(21)25/h4-8,15H,3,9-11H2,1-2H3,(H2,21,25)/t15-/m1/s1. The Morgan fingerprint density at radius 3 is 2.81 bits per heavy atom. The first kappa shape index (κ1) is 17.9. The fourth-order valence-electron chi connectivity index (χ4n) is 3.59. The van der Waals surface area contributed by atoms with E-state index in [1.807, 2.05) is 17.0 Å². The summed E-state index contributed by atoms with van der Waals surface area (Å²) >= 11 is 1.68. The number of hydrogen-bond donors (Lipinski definition) is 1. The van der Waals surface area contributed by atoms with Gasteiger partial charge in [0.05, 0.1) is 17.5 Å². The van der Waals surface area contributed by atoms with Gasteiger partial charge in [0.1, 0.15) is 0 Å². The number of hydrogen-bond acceptors (Lipinski definition) is 6. The van der Waals surface area contributed by atoms with Crippen molar-refractivity contribution in [3.8, 4) is 10.8 Å². The van der Waals surface area contributed by atoms with E-state index in [-0.39, 0.29) is 11.9 Å². The number of primary amides is 1. The first-order chi connectivity index (χ1) is 13.0. The summed E-state index contributed by atoms with van der Waals surface area (Å²) in [6, 6.07) is 9.86. The first-order valence-corrected chi connectivity index (χ1v) is 9.89. The molecule has 0 bridgehead atoms. The number of fused-ring (bicyclic) bond motifs is 1. The first-order valence-electron chi connectivity index (χ1n) is 9.07. The maximum atomic E-state index is 12.0. The van der Waals surface area contributed by atoms with Gasteiger partial charge < -0.3 is 10.2 Å². The molecule has 3 heterocycles. The molecular weight excluding hydrogens is 360 g/mol. The van der Waals surface area contributed by atoms with Crippen molar-refractivity contribution in [1.29, 1.82) is 0 Å². The number of thiophene rings is 1. The third-order valence-corrected chi connectivity index (χ3v) is 6.40. The molecule has 0 saturated heterocycles. The van der Waals surface area contributed by atoms with Crippen molar-refractivity contribution in [3.63, 3.8) is 0 Å². The summed E-state index contributed by atoms with van der Waals surface area (Å²) in [5, 5.41) is 8.40. The molecule has 2 aromatic heterocycles. The molecule has 4 rings (SSSR count). The van der Waals surface area contributed by atoms with Gasteiger partial charge in [-0.2, -0.15) is 0 Å². The lowest BCUT2D eigenvalue weighted by atomic mass is 9.93. The van der Waals surface area contributed by atoms with Gasteiger partial charge in [0.25, 0.3) is 5.89 Å². The van der Waals surface area contributed by atoms with Crippen LogP contribution >= 0.6 is 11.3 Å². The van der Waals surface area contributed by atoms with E-state index in [1.54, 1.807) is 11.3 Å². The van der Waals surface area contributed by atoms with Crippen LogP contribution in [-0.4, -0.2) is 27.0 Å². The molecular formula is C20H22N4O2S. The molecule has 3 aromatic rings. The van der Waals surface area contributed by atoms with Gasteiger partial charge in [-0.25, -0.2) is 0 Å². The molecule has 1 atom stereocenters. The Kier molecular flexibility index (Phi) is 4.80. The van der Waals surface area contributed by atoms with E-state index in [0.717, 1.165) is 11.3 Å². The zero-order valence-corrected chi connectivity index (χ0v) is 16.3. The number of rotatable bonds is 5. The molecule has 0 spiro atoms. The molecule has 1 aliphatic heterocycles. The van der Waals surface area contributed by atoms with Gasteiger partial charge in [-0.05, 0) is 42.5 Å². The summed E-state index contributed by atoms with van der Waals surface area (Å²) in [6.45, 7) is 5.28. The fourth-order valence-corrected chi connectivity index (χ4v) is 4.63. The SMILES string of the molecule is CCc1sc(-c2nnc(CN3Cc4ccccc4C[C@@H]3C(N)=O)o2)cc1C. The van der Waals surface area contributed by atoms with Crippen molar-refractivity contribution >= 4 is 17.2 Å². The molecule has 1 aliphatic rings. The number of carbonyl (C=O) groups excluding carboxylic acids is 1. The predicted octanol–water partition coefficient (Wildman–Crippen LogP) is 3.08. The van der Waals surface area contributed by atoms with Gasteiger partial charge >= 0.3 is 0 Å². The van der Waals surface area contributed by atoms with Crippen LogP contribution in [0.3, 0.4) is 0 Å². The highest BCUT2D eigenvalue weighted by atomic mass is 32.1. The van der Waals surface area contributed by atoms with Crippen LogP contribution in [-0.2, 0) is 30.7 Å². The molecule has 6 nitrogen and oxygen atoms in total. The minimum absolute atomic E-state index is 0.328. The van der Waals surface area contributed by atoms with Crippen LogP contribution in [0.5, 0.6) is 0 Å². The van der Waals surface area contributed by atoms with E-state index in [1.165, 1.54) is 21.6 Å². The van der Waals surface area contributed by atoms with Crippen molar-refractivity contribution in [2.45, 2.75) is 45.8 Å². The second-order valence-electron chi connectivity index (χ2n) is 6.87. The fraction of sp³-hybridized carbons (Fsp3) is 0.350. The van der Waals surface area contributed by atoms with Crippen LogP contribution in [0.25, 0.3) is 10.8 Å². The van der Waals surface area contributed by atoms with Crippen molar-refractivity contribution in [3.05, 3.63) is 57.8 Å². The molecule has 0 saturated carbocycles. The molecule has 27 heavy (non-hydrogen) atoms. The summed E-state index contributed by atoms with van der Waals surface area (Å²) in [4.78, 5) is 16.3. The van der Waals surface area contributed by atoms with Crippen LogP contribution in [0.4, 0.5) is 0 Å². The Hall–Kier alpha value is -2.51. The number of carbonyl (C=O) groups is 1. The van der Waals surface area contributed by atoms with Crippen LogP contribution in [0.15, 0.2) is 34.7 Å². The maximum absolute atomic E-state index is 12.0. The quantitative estimate of drug-likeness (QED) is 0.733. The smallest absolute Gasteiger partial charge is 0.257 e. The number of amides is 1. The number of benzene rings is 1. The van der Waals surface area contributed by atoms with Gasteiger partial charge in [-0.3, -0.25) is 9.69 Å². The van der Waals surface area contributed by atoms with Gasteiger partial charge in [0.15, 0.2) is 0 Å². The molecule has 0 aliphatic carbocycles. The maximum Gasteiger partial charge on any atom is 0.257 e. The summed E-state index contributed by atoms with van der Waals surface area (Å²) < 4.78 is 5.90. The Balaban J connectivity index is 1.56. The third-order valence-electron chi connectivity index (χ3n) is 5.03. The molecule has 0 fully saturated rings. The molecule has 1 aromatic carbocycles. The van der Waals surface area contributed by atoms with Crippen molar-refractivity contribution in [2.75, 3.05) is 0 Å². The average molecular weight is 382 g/mol. The highest BCUT2D eigenvalue weighted by Crippen LogP contribution is 2.31. The van der Waals surface area contributed by atoms with E-state index in [0.29, 0.717) is 31.3 Å². The topological polar surface area (TPSA) is 85.3 Å². The number of aromatic nitrogens is 2. The van der Waals surface area contributed by atoms with E-state index < -0.39 is 0 Å². The second kappa shape index (κ2) is 7.25. The lowest BCUT2D eigenvalue weighted by molar-refractivity contribution is -0.124. The monoisotopic (exact) mass is 382 g/mol. The van der Waals surface area contributed by atoms with Crippen molar-refractivity contribution < 1.29 is 9.21 Å². The zero-order valence-electron chi connectivity index (χ0n) is 15.4. The Morgan fingerprint density at radius 2 is 2.11 bits per heavy atom. The van der Waals surface area contributed by atoms with Gasteiger partial charge in [-0.1, -0.05) is 31.2 Å². The number of aryl methyl sites for hydroxylation is 2. The predicted molar refractivity (Wildman–Crippen MR) is 104 cm³/mol. The molecule has 140 valence electrons. The summed E-state index contributed by atoms with van der Waals surface area (Å²) in [5.41, 5.74) is 9.28. The Labute approximate surface area is 162 Å². The zero-order chi connectivity index (χ0) is 19.0. The Morgan fingerprint density at radius 1 is 1.33 bits per heavy atom. The molecule has 0 radical (unpaired) electrons. The van der Waals surface area contributed by atoms with Crippen LogP contribution in [0.1, 0.15) is 34.4 Å². The van der Waals surface area contributed by atoms with Crippen LogP contribution in [0, 0.1) is 6.92 Å². The largest absolute Gasteiger partial charge is 0.419 e. The van der Waals surface area contributed by atoms with Crippen molar-refractivity contribution in [1.82, 2.24) is 15.1 Å². The molecule has 0 unspecified atom stereocenters.